The van der Waals surface area contributed by atoms with Crippen LogP contribution in [0, 0.1) is 0 Å². The lowest BCUT2D eigenvalue weighted by atomic mass is 9.94. The molecule has 8 nitrogen and oxygen atoms in total. The van der Waals surface area contributed by atoms with Gasteiger partial charge in [0.25, 0.3) is 0 Å². The molecule has 1 aliphatic rings. The van der Waals surface area contributed by atoms with Gasteiger partial charge in [-0.2, -0.15) is 0 Å². The van der Waals surface area contributed by atoms with Gasteiger partial charge >= 0.3 is 12.0 Å². The van der Waals surface area contributed by atoms with Crippen molar-refractivity contribution in [3.05, 3.63) is 77.0 Å². The maximum absolute atomic E-state index is 12.9. The zero-order chi connectivity index (χ0) is 23.8. The molecule has 0 saturated heterocycles. The zero-order valence-corrected chi connectivity index (χ0v) is 19.1. The van der Waals surface area contributed by atoms with Crippen LogP contribution in [-0.2, 0) is 25.5 Å². The lowest BCUT2D eigenvalue weighted by Crippen LogP contribution is -2.47. The van der Waals surface area contributed by atoms with Gasteiger partial charge in [-0.1, -0.05) is 42.5 Å². The first-order valence-electron chi connectivity index (χ1n) is 10.8. The van der Waals surface area contributed by atoms with Gasteiger partial charge < -0.3 is 20.1 Å². The van der Waals surface area contributed by atoms with Gasteiger partial charge in [-0.05, 0) is 37.1 Å². The fourth-order valence-electron chi connectivity index (χ4n) is 3.72. The Bertz CT molecular complexity index is 1020. The Hall–Kier alpha value is -3.65. The monoisotopic (exact) mass is 451 g/mol. The molecule has 0 spiro atoms. The summed E-state index contributed by atoms with van der Waals surface area (Å²) >= 11 is 0. The van der Waals surface area contributed by atoms with Gasteiger partial charge in [0.15, 0.2) is 0 Å². The Morgan fingerprint density at radius 2 is 1.76 bits per heavy atom. The normalized spacial score (nSPS) is 15.8. The highest BCUT2D eigenvalue weighted by Crippen LogP contribution is 2.31. The molecular formula is C25H29N3O5. The molecule has 1 atom stereocenters. The van der Waals surface area contributed by atoms with Gasteiger partial charge in [0.2, 0.25) is 5.91 Å². The van der Waals surface area contributed by atoms with E-state index in [0.29, 0.717) is 29.1 Å². The van der Waals surface area contributed by atoms with Crippen LogP contribution in [0.25, 0.3) is 0 Å². The number of urea groups is 1. The molecule has 33 heavy (non-hydrogen) atoms. The number of anilines is 1. The molecule has 1 aliphatic heterocycles. The fraction of sp³-hybridized carbons (Fsp3) is 0.320. The molecule has 1 unspecified atom stereocenters. The van der Waals surface area contributed by atoms with Crippen LogP contribution in [0.3, 0.4) is 0 Å². The molecule has 0 fully saturated rings. The van der Waals surface area contributed by atoms with Crippen LogP contribution in [0.4, 0.5) is 10.5 Å². The second kappa shape index (κ2) is 11.3. The molecule has 3 amide bonds. The topological polar surface area (TPSA) is 97.0 Å². The zero-order valence-electron chi connectivity index (χ0n) is 19.1. The number of amides is 3. The summed E-state index contributed by atoms with van der Waals surface area (Å²) in [6.07, 6.45) is 0.271. The van der Waals surface area contributed by atoms with E-state index >= 15 is 0 Å². The maximum atomic E-state index is 12.9. The van der Waals surface area contributed by atoms with Crippen molar-refractivity contribution in [3.8, 4) is 0 Å². The Morgan fingerprint density at radius 3 is 2.39 bits per heavy atom. The Balaban J connectivity index is 1.78. The molecule has 0 aromatic heterocycles. The summed E-state index contributed by atoms with van der Waals surface area (Å²) in [6, 6.07) is 15.6. The van der Waals surface area contributed by atoms with Crippen LogP contribution in [0.5, 0.6) is 0 Å². The summed E-state index contributed by atoms with van der Waals surface area (Å²) in [5, 5.41) is 5.76. The number of allylic oxidation sites excluding steroid dienone is 1. The van der Waals surface area contributed by atoms with E-state index < -0.39 is 12.0 Å². The van der Waals surface area contributed by atoms with E-state index in [9.17, 15) is 14.4 Å². The Labute approximate surface area is 193 Å². The summed E-state index contributed by atoms with van der Waals surface area (Å²) in [4.78, 5) is 39.3. The molecule has 0 saturated carbocycles. The van der Waals surface area contributed by atoms with Crippen molar-refractivity contribution in [1.29, 1.82) is 0 Å². The molecule has 174 valence electrons. The average Bonchev–Trinajstić information content (AvgIpc) is 2.80. The summed E-state index contributed by atoms with van der Waals surface area (Å²) in [6.45, 7) is 4.39. The SMILES string of the molecule is CCN1C(=O)NC(c2ccc(NC(=O)Cc3ccccc3)cc2)C(C(=O)OCCOC)=C1C. The highest BCUT2D eigenvalue weighted by molar-refractivity contribution is 5.95. The highest BCUT2D eigenvalue weighted by Gasteiger charge is 2.35. The van der Waals surface area contributed by atoms with E-state index in [-0.39, 0.29) is 31.6 Å². The molecule has 1 heterocycles. The predicted octanol–water partition coefficient (Wildman–Crippen LogP) is 3.42. The number of carbonyl (C=O) groups excluding carboxylic acids is 3. The number of hydrogen-bond acceptors (Lipinski definition) is 5. The third-order valence-corrected chi connectivity index (χ3v) is 5.39. The van der Waals surface area contributed by atoms with Gasteiger partial charge in [-0.3, -0.25) is 9.69 Å². The lowest BCUT2D eigenvalue weighted by molar-refractivity contribution is -0.141. The van der Waals surface area contributed by atoms with Crippen molar-refractivity contribution < 1.29 is 23.9 Å². The van der Waals surface area contributed by atoms with Crippen LogP contribution in [0.1, 0.15) is 31.0 Å². The summed E-state index contributed by atoms with van der Waals surface area (Å²) in [5.41, 5.74) is 3.18. The largest absolute Gasteiger partial charge is 0.460 e. The number of nitrogens with one attached hydrogen (secondary N) is 2. The molecule has 3 rings (SSSR count). The van der Waals surface area contributed by atoms with Crippen molar-refractivity contribution in [1.82, 2.24) is 10.2 Å². The fourth-order valence-corrected chi connectivity index (χ4v) is 3.72. The van der Waals surface area contributed by atoms with E-state index in [0.717, 1.165) is 5.56 Å². The molecule has 0 bridgehead atoms. The number of methoxy groups -OCH3 is 1. The van der Waals surface area contributed by atoms with Gasteiger partial charge in [-0.25, -0.2) is 9.59 Å². The van der Waals surface area contributed by atoms with E-state index in [1.165, 1.54) is 12.0 Å². The predicted molar refractivity (Wildman–Crippen MR) is 124 cm³/mol. The minimum absolute atomic E-state index is 0.116. The Kier molecular flexibility index (Phi) is 8.21. The number of carbonyl (C=O) groups is 3. The lowest BCUT2D eigenvalue weighted by Gasteiger charge is -2.34. The second-order valence-corrected chi connectivity index (χ2v) is 7.59. The van der Waals surface area contributed by atoms with Crippen LogP contribution >= 0.6 is 0 Å². The van der Waals surface area contributed by atoms with Crippen molar-refractivity contribution in [2.24, 2.45) is 0 Å². The highest BCUT2D eigenvalue weighted by atomic mass is 16.6. The third-order valence-electron chi connectivity index (χ3n) is 5.39. The van der Waals surface area contributed by atoms with E-state index in [1.54, 1.807) is 31.2 Å². The van der Waals surface area contributed by atoms with Crippen molar-refractivity contribution in [2.45, 2.75) is 26.3 Å². The van der Waals surface area contributed by atoms with Crippen molar-refractivity contribution in [2.75, 3.05) is 32.2 Å². The number of nitrogens with zero attached hydrogens (tertiary/aromatic N) is 1. The number of ether oxygens (including phenoxy) is 2. The first-order valence-corrected chi connectivity index (χ1v) is 10.8. The van der Waals surface area contributed by atoms with Crippen LogP contribution in [-0.4, -0.2) is 49.7 Å². The first-order chi connectivity index (χ1) is 15.9. The average molecular weight is 452 g/mol. The van der Waals surface area contributed by atoms with Gasteiger partial charge in [0.1, 0.15) is 6.61 Å². The Morgan fingerprint density at radius 1 is 1.06 bits per heavy atom. The van der Waals surface area contributed by atoms with E-state index in [4.69, 9.17) is 9.47 Å². The van der Waals surface area contributed by atoms with E-state index in [2.05, 4.69) is 10.6 Å². The molecule has 2 aromatic rings. The number of hydrogen-bond donors (Lipinski definition) is 2. The summed E-state index contributed by atoms with van der Waals surface area (Å²) < 4.78 is 10.3. The van der Waals surface area contributed by atoms with Gasteiger partial charge in [0.05, 0.1) is 24.6 Å². The van der Waals surface area contributed by atoms with Gasteiger partial charge in [0, 0.05) is 25.0 Å². The van der Waals surface area contributed by atoms with Crippen molar-refractivity contribution >= 4 is 23.6 Å². The van der Waals surface area contributed by atoms with E-state index in [1.807, 2.05) is 37.3 Å². The number of rotatable bonds is 9. The number of esters is 1. The quantitative estimate of drug-likeness (QED) is 0.450. The van der Waals surface area contributed by atoms with Gasteiger partial charge in [-0.15, -0.1) is 0 Å². The molecule has 2 N–H and O–H groups in total. The minimum atomic E-state index is -0.663. The molecule has 0 aliphatic carbocycles. The maximum Gasteiger partial charge on any atom is 0.338 e. The minimum Gasteiger partial charge on any atom is -0.460 e. The standard InChI is InChI=1S/C25H29N3O5/c1-4-28-17(2)22(24(30)33-15-14-32-3)23(27-25(28)31)19-10-12-20(13-11-19)26-21(29)16-18-8-6-5-7-9-18/h5-13,23H,4,14-16H2,1-3H3,(H,26,29)(H,27,31). The van der Waals surface area contributed by atoms with Crippen LogP contribution in [0.2, 0.25) is 0 Å². The smallest absolute Gasteiger partial charge is 0.338 e. The third kappa shape index (κ3) is 5.98. The summed E-state index contributed by atoms with van der Waals surface area (Å²) in [5.74, 6) is -0.634. The molecule has 2 aromatic carbocycles. The van der Waals surface area contributed by atoms with Crippen LogP contribution in [0.15, 0.2) is 65.9 Å². The molecule has 8 heteroatoms. The second-order valence-electron chi connectivity index (χ2n) is 7.59. The molecular weight excluding hydrogens is 422 g/mol. The molecule has 0 radical (unpaired) electrons. The summed E-state index contributed by atoms with van der Waals surface area (Å²) in [7, 11) is 1.53. The van der Waals surface area contributed by atoms with Crippen molar-refractivity contribution in [3.63, 3.8) is 0 Å². The first kappa shape index (κ1) is 24.0. The van der Waals surface area contributed by atoms with Crippen LogP contribution < -0.4 is 10.6 Å². The number of benzene rings is 2.